The van der Waals surface area contributed by atoms with Gasteiger partial charge >= 0.3 is 0 Å². The third kappa shape index (κ3) is 4.41. The summed E-state index contributed by atoms with van der Waals surface area (Å²) in [6.07, 6.45) is 2.24. The normalized spacial score (nSPS) is 16.8. The van der Waals surface area contributed by atoms with Crippen LogP contribution >= 0.6 is 23.2 Å². The Balaban J connectivity index is 1.64. The van der Waals surface area contributed by atoms with Crippen molar-refractivity contribution in [2.75, 3.05) is 18.5 Å². The van der Waals surface area contributed by atoms with E-state index >= 15 is 0 Å². The number of rotatable bonds is 5. The molecule has 1 heterocycles. The SMILES string of the molecule is O=C(Nc1cccc(OC[C@@H]2CCCO2)c1)c1ccc(Cl)cc1Cl. The Labute approximate surface area is 150 Å². The predicted octanol–water partition coefficient (Wildman–Crippen LogP) is 4.80. The minimum atomic E-state index is -0.298. The van der Waals surface area contributed by atoms with Crippen molar-refractivity contribution in [3.8, 4) is 5.75 Å². The number of anilines is 1. The number of hydrogen-bond donors (Lipinski definition) is 1. The second kappa shape index (κ2) is 7.88. The molecule has 0 radical (unpaired) electrons. The highest BCUT2D eigenvalue weighted by molar-refractivity contribution is 6.37. The molecule has 0 unspecified atom stereocenters. The summed E-state index contributed by atoms with van der Waals surface area (Å²) in [6, 6.07) is 12.0. The standard InChI is InChI=1S/C18H17Cl2NO3/c19-12-6-7-16(17(20)9-12)18(22)21-13-3-1-4-14(10-13)24-11-15-5-2-8-23-15/h1,3-4,6-7,9-10,15H,2,5,8,11H2,(H,21,22)/t15-/m0/s1. The summed E-state index contributed by atoms with van der Waals surface area (Å²) in [5.41, 5.74) is 1.00. The maximum absolute atomic E-state index is 12.3. The van der Waals surface area contributed by atoms with Crippen LogP contribution < -0.4 is 10.1 Å². The number of carbonyl (C=O) groups is 1. The van der Waals surface area contributed by atoms with E-state index in [4.69, 9.17) is 32.7 Å². The van der Waals surface area contributed by atoms with Gasteiger partial charge in [-0.2, -0.15) is 0 Å². The summed E-state index contributed by atoms with van der Waals surface area (Å²) >= 11 is 11.9. The van der Waals surface area contributed by atoms with Crippen LogP contribution in [0.2, 0.25) is 10.0 Å². The van der Waals surface area contributed by atoms with E-state index in [-0.39, 0.29) is 12.0 Å². The highest BCUT2D eigenvalue weighted by Gasteiger charge is 2.16. The molecule has 2 aromatic carbocycles. The molecule has 3 rings (SSSR count). The number of carbonyl (C=O) groups excluding carboxylic acids is 1. The zero-order valence-corrected chi connectivity index (χ0v) is 14.4. The Morgan fingerprint density at radius 1 is 1.25 bits per heavy atom. The molecule has 1 aliphatic heterocycles. The first-order chi connectivity index (χ1) is 11.6. The second-order valence-electron chi connectivity index (χ2n) is 5.55. The monoisotopic (exact) mass is 365 g/mol. The molecular formula is C18H17Cl2NO3. The fourth-order valence-corrected chi connectivity index (χ4v) is 2.99. The van der Waals surface area contributed by atoms with Crippen LogP contribution in [0, 0.1) is 0 Å². The van der Waals surface area contributed by atoms with E-state index < -0.39 is 0 Å². The van der Waals surface area contributed by atoms with Gasteiger partial charge < -0.3 is 14.8 Å². The van der Waals surface area contributed by atoms with E-state index in [1.807, 2.05) is 12.1 Å². The van der Waals surface area contributed by atoms with Crippen molar-refractivity contribution in [3.05, 3.63) is 58.1 Å². The lowest BCUT2D eigenvalue weighted by atomic mass is 10.2. The number of amides is 1. The largest absolute Gasteiger partial charge is 0.491 e. The van der Waals surface area contributed by atoms with Crippen LogP contribution in [-0.2, 0) is 4.74 Å². The van der Waals surface area contributed by atoms with Crippen molar-refractivity contribution in [1.29, 1.82) is 0 Å². The number of ether oxygens (including phenoxy) is 2. The van der Waals surface area contributed by atoms with Gasteiger partial charge in [0.25, 0.3) is 5.91 Å². The molecule has 24 heavy (non-hydrogen) atoms. The lowest BCUT2D eigenvalue weighted by molar-refractivity contribution is 0.0680. The zero-order chi connectivity index (χ0) is 16.9. The van der Waals surface area contributed by atoms with Crippen LogP contribution in [0.15, 0.2) is 42.5 Å². The van der Waals surface area contributed by atoms with Crippen LogP contribution in [0.25, 0.3) is 0 Å². The third-order valence-electron chi connectivity index (χ3n) is 3.73. The van der Waals surface area contributed by atoms with Gasteiger partial charge in [0.1, 0.15) is 12.4 Å². The van der Waals surface area contributed by atoms with Crippen LogP contribution in [0.5, 0.6) is 5.75 Å². The van der Waals surface area contributed by atoms with E-state index in [0.717, 1.165) is 19.4 Å². The smallest absolute Gasteiger partial charge is 0.257 e. The van der Waals surface area contributed by atoms with Gasteiger partial charge in [-0.3, -0.25) is 4.79 Å². The zero-order valence-electron chi connectivity index (χ0n) is 12.9. The predicted molar refractivity (Wildman–Crippen MR) is 95.3 cm³/mol. The van der Waals surface area contributed by atoms with Gasteiger partial charge in [0.05, 0.1) is 16.7 Å². The van der Waals surface area contributed by atoms with Gasteiger partial charge in [0.15, 0.2) is 0 Å². The first-order valence-electron chi connectivity index (χ1n) is 7.73. The molecule has 0 aromatic heterocycles. The minimum absolute atomic E-state index is 0.149. The van der Waals surface area contributed by atoms with E-state index in [0.29, 0.717) is 33.7 Å². The van der Waals surface area contributed by atoms with Crippen LogP contribution in [-0.4, -0.2) is 25.2 Å². The Morgan fingerprint density at radius 2 is 2.12 bits per heavy atom. The first kappa shape index (κ1) is 17.1. The lowest BCUT2D eigenvalue weighted by Crippen LogP contribution is -2.16. The first-order valence-corrected chi connectivity index (χ1v) is 8.48. The van der Waals surface area contributed by atoms with Crippen LogP contribution in [0.3, 0.4) is 0 Å². The summed E-state index contributed by atoms with van der Waals surface area (Å²) in [5, 5.41) is 3.61. The average molecular weight is 366 g/mol. The molecule has 126 valence electrons. The van der Waals surface area contributed by atoms with Crippen molar-refractivity contribution >= 4 is 34.8 Å². The number of hydrogen-bond acceptors (Lipinski definition) is 3. The Bertz CT molecular complexity index is 730. The lowest BCUT2D eigenvalue weighted by Gasteiger charge is -2.13. The summed E-state index contributed by atoms with van der Waals surface area (Å²) in [4.78, 5) is 12.3. The van der Waals surface area contributed by atoms with Crippen molar-refractivity contribution in [2.45, 2.75) is 18.9 Å². The molecule has 4 nitrogen and oxygen atoms in total. The molecule has 0 aliphatic carbocycles. The van der Waals surface area contributed by atoms with Crippen LogP contribution in [0.1, 0.15) is 23.2 Å². The topological polar surface area (TPSA) is 47.6 Å². The van der Waals surface area contributed by atoms with Gasteiger partial charge in [-0.1, -0.05) is 29.3 Å². The van der Waals surface area contributed by atoms with Gasteiger partial charge in [-0.15, -0.1) is 0 Å². The summed E-state index contributed by atoms with van der Waals surface area (Å²) in [6.45, 7) is 1.31. The molecule has 1 aliphatic rings. The summed E-state index contributed by atoms with van der Waals surface area (Å²) in [5.74, 6) is 0.387. The fraction of sp³-hybridized carbons (Fsp3) is 0.278. The Morgan fingerprint density at radius 3 is 2.88 bits per heavy atom. The molecule has 1 atom stereocenters. The molecule has 1 amide bonds. The van der Waals surface area contributed by atoms with Gasteiger partial charge in [-0.05, 0) is 43.2 Å². The second-order valence-corrected chi connectivity index (χ2v) is 6.40. The number of benzene rings is 2. The number of halogens is 2. The molecule has 0 bridgehead atoms. The Kier molecular flexibility index (Phi) is 5.61. The maximum Gasteiger partial charge on any atom is 0.257 e. The van der Waals surface area contributed by atoms with Crippen molar-refractivity contribution in [3.63, 3.8) is 0 Å². The molecule has 1 N–H and O–H groups in total. The quantitative estimate of drug-likeness (QED) is 0.827. The number of nitrogens with one attached hydrogen (secondary N) is 1. The van der Waals surface area contributed by atoms with Crippen molar-refractivity contribution < 1.29 is 14.3 Å². The summed E-state index contributed by atoms with van der Waals surface area (Å²) in [7, 11) is 0. The fourth-order valence-electron chi connectivity index (χ4n) is 2.50. The summed E-state index contributed by atoms with van der Waals surface area (Å²) < 4.78 is 11.3. The molecule has 0 spiro atoms. The molecule has 2 aromatic rings. The minimum Gasteiger partial charge on any atom is -0.491 e. The van der Waals surface area contributed by atoms with Gasteiger partial charge in [-0.25, -0.2) is 0 Å². The molecule has 1 saturated heterocycles. The van der Waals surface area contributed by atoms with Gasteiger partial charge in [0.2, 0.25) is 0 Å². The van der Waals surface area contributed by atoms with Crippen molar-refractivity contribution in [2.24, 2.45) is 0 Å². The van der Waals surface area contributed by atoms with E-state index in [1.54, 1.807) is 30.3 Å². The highest BCUT2D eigenvalue weighted by atomic mass is 35.5. The van der Waals surface area contributed by atoms with E-state index in [2.05, 4.69) is 5.32 Å². The Hall–Kier alpha value is -1.75. The highest BCUT2D eigenvalue weighted by Crippen LogP contribution is 2.24. The average Bonchev–Trinajstić information content (AvgIpc) is 3.06. The molecule has 1 fully saturated rings. The van der Waals surface area contributed by atoms with E-state index in [9.17, 15) is 4.79 Å². The molecule has 6 heteroatoms. The third-order valence-corrected chi connectivity index (χ3v) is 4.28. The molecular weight excluding hydrogens is 349 g/mol. The maximum atomic E-state index is 12.3. The van der Waals surface area contributed by atoms with Crippen LogP contribution in [0.4, 0.5) is 5.69 Å². The molecule has 0 saturated carbocycles. The van der Waals surface area contributed by atoms with E-state index in [1.165, 1.54) is 0 Å². The van der Waals surface area contributed by atoms with Crippen molar-refractivity contribution in [1.82, 2.24) is 0 Å². The van der Waals surface area contributed by atoms with Gasteiger partial charge in [0, 0.05) is 23.4 Å².